The molecule has 2 aromatic rings. The van der Waals surface area contributed by atoms with Crippen LogP contribution in [0.4, 0.5) is 0 Å². The number of ether oxygens (including phenoxy) is 1. The molecule has 0 radical (unpaired) electrons. The molecule has 1 amide bonds. The molecule has 1 saturated carbocycles. The summed E-state index contributed by atoms with van der Waals surface area (Å²) in [4.78, 5) is 12.6. The number of rotatable bonds is 3. The van der Waals surface area contributed by atoms with Gasteiger partial charge < -0.3 is 20.3 Å². The molecule has 0 bridgehead atoms. The molecular formula is C20H20ClNO4. The summed E-state index contributed by atoms with van der Waals surface area (Å²) in [5.41, 5.74) is 1.35. The summed E-state index contributed by atoms with van der Waals surface area (Å²) in [6.45, 7) is 0. The van der Waals surface area contributed by atoms with Gasteiger partial charge in [-0.3, -0.25) is 4.79 Å². The third-order valence-electron chi connectivity index (χ3n) is 5.25. The fourth-order valence-corrected chi connectivity index (χ4v) is 3.94. The predicted octanol–water partition coefficient (Wildman–Crippen LogP) is 3.86. The van der Waals surface area contributed by atoms with Gasteiger partial charge in [0.15, 0.2) is 11.5 Å². The van der Waals surface area contributed by atoms with Crippen LogP contribution in [0.25, 0.3) is 0 Å². The summed E-state index contributed by atoms with van der Waals surface area (Å²) in [6, 6.07) is 9.76. The van der Waals surface area contributed by atoms with Gasteiger partial charge in [-0.15, -0.1) is 0 Å². The van der Waals surface area contributed by atoms with Gasteiger partial charge in [0.1, 0.15) is 11.4 Å². The van der Waals surface area contributed by atoms with Gasteiger partial charge in [0.05, 0.1) is 12.5 Å². The van der Waals surface area contributed by atoms with Crippen LogP contribution < -0.4 is 10.1 Å². The Morgan fingerprint density at radius 2 is 2.00 bits per heavy atom. The number of amides is 1. The Bertz CT molecular complexity index is 863. The van der Waals surface area contributed by atoms with Crippen molar-refractivity contribution in [2.45, 2.75) is 43.7 Å². The molecule has 0 aromatic heterocycles. The standard InChI is InChI=1S/C20H20ClNO4/c21-13-3-5-18-14(10-13)15(11-20(26-18)6-1-7-20)22-19(25)9-12-2-4-16(23)17(24)8-12/h2-5,8,10,15,23-24H,1,6-7,9,11H2,(H,22,25). The SMILES string of the molecule is O=C(Cc1ccc(O)c(O)c1)NC1CC2(CCC2)Oc2ccc(Cl)cc21. The molecule has 1 fully saturated rings. The summed E-state index contributed by atoms with van der Waals surface area (Å²) in [6.07, 6.45) is 3.97. The number of fused-ring (bicyclic) bond motifs is 1. The maximum Gasteiger partial charge on any atom is 0.224 e. The number of halogens is 1. The molecule has 1 unspecified atom stereocenters. The van der Waals surface area contributed by atoms with Crippen molar-refractivity contribution >= 4 is 17.5 Å². The van der Waals surface area contributed by atoms with E-state index < -0.39 is 0 Å². The number of hydrogen-bond acceptors (Lipinski definition) is 4. The Kier molecular flexibility index (Phi) is 4.19. The predicted molar refractivity (Wildman–Crippen MR) is 97.6 cm³/mol. The minimum atomic E-state index is -0.230. The Morgan fingerprint density at radius 1 is 1.19 bits per heavy atom. The maximum atomic E-state index is 12.6. The molecule has 1 aliphatic heterocycles. The molecule has 5 nitrogen and oxygen atoms in total. The first-order chi connectivity index (χ1) is 12.4. The van der Waals surface area contributed by atoms with Crippen molar-refractivity contribution in [1.82, 2.24) is 5.32 Å². The van der Waals surface area contributed by atoms with Gasteiger partial charge in [-0.2, -0.15) is 0 Å². The number of phenolic OH excluding ortho intramolecular Hbond substituents is 2. The zero-order chi connectivity index (χ0) is 18.3. The van der Waals surface area contributed by atoms with E-state index in [9.17, 15) is 15.0 Å². The molecule has 3 N–H and O–H groups in total. The molecule has 0 saturated heterocycles. The number of benzene rings is 2. The van der Waals surface area contributed by atoms with Crippen LogP contribution in [0.1, 0.15) is 42.9 Å². The number of aromatic hydroxyl groups is 2. The average molecular weight is 374 g/mol. The van der Waals surface area contributed by atoms with Crippen LogP contribution in [0.2, 0.25) is 5.02 Å². The second-order valence-corrected chi connectivity index (χ2v) is 7.58. The van der Waals surface area contributed by atoms with Crippen LogP contribution in [0.5, 0.6) is 17.2 Å². The molecule has 26 heavy (non-hydrogen) atoms. The van der Waals surface area contributed by atoms with E-state index in [-0.39, 0.29) is 35.5 Å². The molecular weight excluding hydrogens is 354 g/mol. The minimum Gasteiger partial charge on any atom is -0.504 e. The van der Waals surface area contributed by atoms with E-state index in [0.29, 0.717) is 10.6 Å². The highest BCUT2D eigenvalue weighted by Gasteiger charge is 2.45. The van der Waals surface area contributed by atoms with Crippen molar-refractivity contribution in [3.8, 4) is 17.2 Å². The van der Waals surface area contributed by atoms with E-state index >= 15 is 0 Å². The van der Waals surface area contributed by atoms with Gasteiger partial charge in [0.25, 0.3) is 0 Å². The largest absolute Gasteiger partial charge is 0.504 e. The third-order valence-corrected chi connectivity index (χ3v) is 5.49. The lowest BCUT2D eigenvalue weighted by Gasteiger charge is -2.48. The van der Waals surface area contributed by atoms with Crippen molar-refractivity contribution in [1.29, 1.82) is 0 Å². The number of carbonyl (C=O) groups is 1. The highest BCUT2D eigenvalue weighted by Crippen LogP contribution is 2.49. The quantitative estimate of drug-likeness (QED) is 0.714. The summed E-state index contributed by atoms with van der Waals surface area (Å²) in [7, 11) is 0. The number of carbonyl (C=O) groups excluding carboxylic acids is 1. The zero-order valence-electron chi connectivity index (χ0n) is 14.2. The van der Waals surface area contributed by atoms with Crippen molar-refractivity contribution in [3.63, 3.8) is 0 Å². The van der Waals surface area contributed by atoms with Crippen LogP contribution in [0, 0.1) is 0 Å². The third kappa shape index (κ3) is 3.19. The van der Waals surface area contributed by atoms with Crippen molar-refractivity contribution < 1.29 is 19.7 Å². The fraction of sp³-hybridized carbons (Fsp3) is 0.350. The molecule has 2 aromatic carbocycles. The molecule has 1 spiro atoms. The van der Waals surface area contributed by atoms with Gasteiger partial charge in [-0.1, -0.05) is 17.7 Å². The second-order valence-electron chi connectivity index (χ2n) is 7.14. The van der Waals surface area contributed by atoms with E-state index in [1.807, 2.05) is 12.1 Å². The van der Waals surface area contributed by atoms with E-state index in [2.05, 4.69) is 5.32 Å². The maximum absolute atomic E-state index is 12.6. The Hall–Kier alpha value is -2.40. The first kappa shape index (κ1) is 17.0. The van der Waals surface area contributed by atoms with Gasteiger partial charge in [0.2, 0.25) is 5.91 Å². The van der Waals surface area contributed by atoms with Gasteiger partial charge >= 0.3 is 0 Å². The Labute approximate surface area is 156 Å². The highest BCUT2D eigenvalue weighted by molar-refractivity contribution is 6.30. The van der Waals surface area contributed by atoms with Gasteiger partial charge in [-0.25, -0.2) is 0 Å². The van der Waals surface area contributed by atoms with E-state index in [1.54, 1.807) is 12.1 Å². The summed E-state index contributed by atoms with van der Waals surface area (Å²) < 4.78 is 6.20. The number of hydrogen-bond donors (Lipinski definition) is 3. The summed E-state index contributed by atoms with van der Waals surface area (Å²) in [5.74, 6) is 0.205. The summed E-state index contributed by atoms with van der Waals surface area (Å²) >= 11 is 6.14. The average Bonchev–Trinajstić information content (AvgIpc) is 2.57. The molecule has 4 rings (SSSR count). The second kappa shape index (κ2) is 6.40. The Morgan fingerprint density at radius 3 is 2.69 bits per heavy atom. The number of nitrogens with one attached hydrogen (secondary N) is 1. The van der Waals surface area contributed by atoms with Crippen LogP contribution >= 0.6 is 11.6 Å². The molecule has 1 heterocycles. The fourth-order valence-electron chi connectivity index (χ4n) is 3.76. The smallest absolute Gasteiger partial charge is 0.224 e. The highest BCUT2D eigenvalue weighted by atomic mass is 35.5. The Balaban J connectivity index is 1.53. The molecule has 1 aliphatic carbocycles. The van der Waals surface area contributed by atoms with Crippen molar-refractivity contribution in [2.24, 2.45) is 0 Å². The minimum absolute atomic E-state index is 0.119. The van der Waals surface area contributed by atoms with Crippen molar-refractivity contribution in [3.05, 3.63) is 52.5 Å². The van der Waals surface area contributed by atoms with Gasteiger partial charge in [-0.05, 0) is 55.2 Å². The lowest BCUT2D eigenvalue weighted by molar-refractivity contribution is -0.122. The van der Waals surface area contributed by atoms with Gasteiger partial charge in [0, 0.05) is 17.0 Å². The first-order valence-corrected chi connectivity index (χ1v) is 9.11. The van der Waals surface area contributed by atoms with E-state index in [1.165, 1.54) is 12.1 Å². The van der Waals surface area contributed by atoms with Crippen molar-refractivity contribution in [2.75, 3.05) is 0 Å². The van der Waals surface area contributed by atoms with Crippen LogP contribution in [-0.4, -0.2) is 21.7 Å². The molecule has 2 aliphatic rings. The molecule has 6 heteroatoms. The number of phenols is 2. The molecule has 1 atom stereocenters. The van der Waals surface area contributed by atoms with Crippen LogP contribution in [-0.2, 0) is 11.2 Å². The first-order valence-electron chi connectivity index (χ1n) is 8.73. The zero-order valence-corrected chi connectivity index (χ0v) is 14.9. The van der Waals surface area contributed by atoms with Crippen LogP contribution in [0.3, 0.4) is 0 Å². The van der Waals surface area contributed by atoms with E-state index in [0.717, 1.165) is 37.0 Å². The monoisotopic (exact) mass is 373 g/mol. The molecule has 136 valence electrons. The lowest BCUT2D eigenvalue weighted by atomic mass is 9.73. The lowest BCUT2D eigenvalue weighted by Crippen LogP contribution is -2.49. The normalized spacial score (nSPS) is 20.0. The van der Waals surface area contributed by atoms with Crippen LogP contribution in [0.15, 0.2) is 36.4 Å². The topological polar surface area (TPSA) is 78.8 Å². The summed E-state index contributed by atoms with van der Waals surface area (Å²) in [5, 5.41) is 22.7. The van der Waals surface area contributed by atoms with E-state index in [4.69, 9.17) is 16.3 Å².